The fraction of sp³-hybridized carbons (Fsp3) is 0. The zero-order chi connectivity index (χ0) is 18.0. The third-order valence-electron chi connectivity index (χ3n) is 3.64. The van der Waals surface area contributed by atoms with Gasteiger partial charge >= 0.3 is 0 Å². The van der Waals surface area contributed by atoms with Gasteiger partial charge in [-0.3, -0.25) is 25.0 Å². The molecule has 0 spiro atoms. The Kier molecular flexibility index (Phi) is 4.09. The van der Waals surface area contributed by atoms with Gasteiger partial charge in [0.1, 0.15) is 5.56 Å². The number of amides is 1. The van der Waals surface area contributed by atoms with E-state index in [2.05, 4.69) is 5.32 Å². The van der Waals surface area contributed by atoms with Crippen LogP contribution in [0.1, 0.15) is 10.4 Å². The molecule has 0 aliphatic rings. The summed E-state index contributed by atoms with van der Waals surface area (Å²) in [6.45, 7) is 0. The van der Waals surface area contributed by atoms with Crippen LogP contribution in [0.4, 0.5) is 17.1 Å². The van der Waals surface area contributed by atoms with Crippen molar-refractivity contribution in [3.8, 4) is 0 Å². The topological polar surface area (TPSA) is 115 Å². The number of carbonyl (C=O) groups excluding carboxylic acids is 1. The van der Waals surface area contributed by atoms with E-state index in [-0.39, 0.29) is 5.56 Å². The minimum absolute atomic E-state index is 0.247. The van der Waals surface area contributed by atoms with Crippen molar-refractivity contribution in [1.82, 2.24) is 0 Å². The molecule has 0 aromatic heterocycles. The summed E-state index contributed by atoms with van der Waals surface area (Å²) < 4.78 is 0. The van der Waals surface area contributed by atoms with Crippen molar-refractivity contribution in [2.75, 3.05) is 5.32 Å². The Hall–Kier alpha value is -3.81. The predicted molar refractivity (Wildman–Crippen MR) is 91.7 cm³/mol. The molecular formula is C17H11N3O5. The summed E-state index contributed by atoms with van der Waals surface area (Å²) in [5, 5.41) is 26.4. The first kappa shape index (κ1) is 16.1. The second-order valence-corrected chi connectivity index (χ2v) is 5.23. The van der Waals surface area contributed by atoms with Gasteiger partial charge in [0.2, 0.25) is 0 Å². The van der Waals surface area contributed by atoms with Gasteiger partial charge in [-0.25, -0.2) is 0 Å². The maximum Gasteiger partial charge on any atom is 0.289 e. The first-order chi connectivity index (χ1) is 12.0. The Morgan fingerprint density at radius 2 is 1.56 bits per heavy atom. The average Bonchev–Trinajstić information content (AvgIpc) is 2.60. The molecule has 3 aromatic carbocycles. The zero-order valence-electron chi connectivity index (χ0n) is 12.7. The van der Waals surface area contributed by atoms with Crippen LogP contribution in [0.5, 0.6) is 0 Å². The van der Waals surface area contributed by atoms with Crippen LogP contribution in [-0.4, -0.2) is 15.8 Å². The van der Waals surface area contributed by atoms with Crippen LogP contribution < -0.4 is 5.32 Å². The number of fused-ring (bicyclic) bond motifs is 1. The van der Waals surface area contributed by atoms with Gasteiger partial charge in [0.15, 0.2) is 0 Å². The largest absolute Gasteiger partial charge is 0.322 e. The summed E-state index contributed by atoms with van der Waals surface area (Å²) in [4.78, 5) is 32.7. The smallest absolute Gasteiger partial charge is 0.289 e. The SMILES string of the molecule is O=C(Nc1ccc2ccccc2c1)c1ccc([N+](=O)[O-])cc1[N+](=O)[O-]. The molecule has 8 heteroatoms. The van der Waals surface area contributed by atoms with Gasteiger partial charge in [-0.15, -0.1) is 0 Å². The highest BCUT2D eigenvalue weighted by molar-refractivity contribution is 6.08. The summed E-state index contributed by atoms with van der Waals surface area (Å²) >= 11 is 0. The number of hydrogen-bond acceptors (Lipinski definition) is 5. The van der Waals surface area contributed by atoms with Crippen LogP contribution in [0.3, 0.4) is 0 Å². The van der Waals surface area contributed by atoms with Crippen molar-refractivity contribution in [3.05, 3.63) is 86.5 Å². The normalized spacial score (nSPS) is 10.4. The molecule has 0 aliphatic carbocycles. The zero-order valence-corrected chi connectivity index (χ0v) is 12.7. The molecule has 0 saturated heterocycles. The van der Waals surface area contributed by atoms with Crippen LogP contribution in [0.2, 0.25) is 0 Å². The number of rotatable bonds is 4. The number of anilines is 1. The lowest BCUT2D eigenvalue weighted by Crippen LogP contribution is -2.14. The second kappa shape index (κ2) is 6.36. The lowest BCUT2D eigenvalue weighted by Gasteiger charge is -2.07. The standard InChI is InChI=1S/C17H11N3O5/c21-17(15-8-7-14(19(22)23)10-16(15)20(24)25)18-13-6-5-11-3-1-2-4-12(11)9-13/h1-10H,(H,18,21). The van der Waals surface area contributed by atoms with E-state index in [1.807, 2.05) is 30.3 Å². The number of nitrogens with one attached hydrogen (secondary N) is 1. The monoisotopic (exact) mass is 337 g/mol. The first-order valence-corrected chi connectivity index (χ1v) is 7.19. The number of hydrogen-bond donors (Lipinski definition) is 1. The molecule has 8 nitrogen and oxygen atoms in total. The molecule has 1 N–H and O–H groups in total. The van der Waals surface area contributed by atoms with Crippen LogP contribution in [0, 0.1) is 20.2 Å². The summed E-state index contributed by atoms with van der Waals surface area (Å²) in [5.41, 5.74) is -0.846. The lowest BCUT2D eigenvalue weighted by molar-refractivity contribution is -0.394. The molecule has 3 aromatic rings. The van der Waals surface area contributed by atoms with E-state index in [1.165, 1.54) is 0 Å². The van der Waals surface area contributed by atoms with Crippen molar-refractivity contribution in [2.24, 2.45) is 0 Å². The molecule has 0 fully saturated rings. The number of nitrogens with zero attached hydrogens (tertiary/aromatic N) is 2. The summed E-state index contributed by atoms with van der Waals surface area (Å²) in [6, 6.07) is 15.7. The maximum atomic E-state index is 12.4. The van der Waals surface area contributed by atoms with Crippen molar-refractivity contribution in [1.29, 1.82) is 0 Å². The number of benzene rings is 3. The van der Waals surface area contributed by atoms with Crippen LogP contribution >= 0.6 is 0 Å². The molecule has 1 amide bonds. The molecule has 0 aliphatic heterocycles. The van der Waals surface area contributed by atoms with E-state index in [0.29, 0.717) is 5.69 Å². The average molecular weight is 337 g/mol. The van der Waals surface area contributed by atoms with Crippen molar-refractivity contribution in [2.45, 2.75) is 0 Å². The number of carbonyl (C=O) groups is 1. The lowest BCUT2D eigenvalue weighted by atomic mass is 10.1. The van der Waals surface area contributed by atoms with Crippen molar-refractivity contribution in [3.63, 3.8) is 0 Å². The Labute approximate surface area is 141 Å². The molecule has 124 valence electrons. The van der Waals surface area contributed by atoms with E-state index in [0.717, 1.165) is 29.0 Å². The van der Waals surface area contributed by atoms with Crippen molar-refractivity contribution < 1.29 is 14.6 Å². The molecular weight excluding hydrogens is 326 g/mol. The highest BCUT2D eigenvalue weighted by Gasteiger charge is 2.24. The van der Waals surface area contributed by atoms with E-state index in [1.54, 1.807) is 12.1 Å². The molecule has 3 rings (SSSR count). The fourth-order valence-corrected chi connectivity index (χ4v) is 2.44. The van der Waals surface area contributed by atoms with Crippen LogP contribution in [-0.2, 0) is 0 Å². The predicted octanol–water partition coefficient (Wildman–Crippen LogP) is 3.91. The van der Waals surface area contributed by atoms with Gasteiger partial charge in [0, 0.05) is 11.8 Å². The van der Waals surface area contributed by atoms with Gasteiger partial charge in [-0.05, 0) is 29.0 Å². The van der Waals surface area contributed by atoms with E-state index >= 15 is 0 Å². The molecule has 0 radical (unpaired) electrons. The Bertz CT molecular complexity index is 1020. The summed E-state index contributed by atoms with van der Waals surface area (Å²) in [6.07, 6.45) is 0. The summed E-state index contributed by atoms with van der Waals surface area (Å²) in [7, 11) is 0. The highest BCUT2D eigenvalue weighted by Crippen LogP contribution is 2.26. The molecule has 0 heterocycles. The van der Waals surface area contributed by atoms with Gasteiger partial charge < -0.3 is 5.32 Å². The Balaban J connectivity index is 1.94. The quantitative estimate of drug-likeness (QED) is 0.572. The number of nitro benzene ring substituents is 2. The van der Waals surface area contributed by atoms with Crippen LogP contribution in [0.25, 0.3) is 10.8 Å². The maximum absolute atomic E-state index is 12.4. The number of non-ortho nitro benzene ring substituents is 1. The van der Waals surface area contributed by atoms with E-state index < -0.39 is 27.1 Å². The first-order valence-electron chi connectivity index (χ1n) is 7.19. The van der Waals surface area contributed by atoms with E-state index in [4.69, 9.17) is 0 Å². The third-order valence-corrected chi connectivity index (χ3v) is 3.64. The van der Waals surface area contributed by atoms with Crippen LogP contribution in [0.15, 0.2) is 60.7 Å². The van der Waals surface area contributed by atoms with E-state index in [9.17, 15) is 25.0 Å². The van der Waals surface area contributed by atoms with Gasteiger partial charge in [0.25, 0.3) is 17.3 Å². The van der Waals surface area contributed by atoms with Crippen molar-refractivity contribution >= 4 is 33.7 Å². The van der Waals surface area contributed by atoms with Gasteiger partial charge in [-0.1, -0.05) is 30.3 Å². The minimum Gasteiger partial charge on any atom is -0.322 e. The van der Waals surface area contributed by atoms with Gasteiger partial charge in [-0.2, -0.15) is 0 Å². The summed E-state index contributed by atoms with van der Waals surface area (Å²) in [5.74, 6) is -0.711. The minimum atomic E-state index is -0.817. The molecule has 0 bridgehead atoms. The third kappa shape index (κ3) is 3.27. The Morgan fingerprint density at radius 3 is 2.24 bits per heavy atom. The fourth-order valence-electron chi connectivity index (χ4n) is 2.44. The Morgan fingerprint density at radius 1 is 0.840 bits per heavy atom. The molecule has 0 atom stereocenters. The second-order valence-electron chi connectivity index (χ2n) is 5.23. The molecule has 25 heavy (non-hydrogen) atoms. The molecule has 0 unspecified atom stereocenters. The highest BCUT2D eigenvalue weighted by atomic mass is 16.6. The van der Waals surface area contributed by atoms with Gasteiger partial charge in [0.05, 0.1) is 15.9 Å². The number of nitro groups is 2. The molecule has 0 saturated carbocycles.